The fraction of sp³-hybridized carbons (Fsp3) is 1.00. The smallest absolute Gasteiger partial charge is 0.0466 e. The average Bonchev–Trinajstić information content (AvgIpc) is 2.22. The van der Waals surface area contributed by atoms with Gasteiger partial charge in [0.1, 0.15) is 0 Å². The van der Waals surface area contributed by atoms with Crippen molar-refractivity contribution in [3.8, 4) is 0 Å². The van der Waals surface area contributed by atoms with E-state index in [1.54, 1.807) is 0 Å². The first-order chi connectivity index (χ1) is 6.39. The van der Waals surface area contributed by atoms with Crippen LogP contribution in [0.25, 0.3) is 0 Å². The zero-order valence-electron chi connectivity index (χ0n) is 8.43. The van der Waals surface area contributed by atoms with Gasteiger partial charge in [-0.3, -0.25) is 0 Å². The molecule has 0 aromatic carbocycles. The van der Waals surface area contributed by atoms with Gasteiger partial charge in [-0.05, 0) is 45.2 Å². The molecule has 0 unspecified atom stereocenters. The lowest BCUT2D eigenvalue weighted by Crippen LogP contribution is -2.35. The normalized spacial score (nSPS) is 24.7. The standard InChI is InChI=1S/C5H12N2.C5H10O/c6-5-1-3-7-4-2-5;1-2-4-6-5-3-1/h5,7H,1-4,6H2;1-5H2. The third kappa shape index (κ3) is 6.02. The van der Waals surface area contributed by atoms with Crippen molar-refractivity contribution >= 4 is 0 Å². The van der Waals surface area contributed by atoms with Gasteiger partial charge >= 0.3 is 0 Å². The van der Waals surface area contributed by atoms with E-state index in [0.717, 1.165) is 39.1 Å². The van der Waals surface area contributed by atoms with Crippen LogP contribution in [0.3, 0.4) is 0 Å². The molecule has 0 spiro atoms. The molecule has 0 radical (unpaired) electrons. The summed E-state index contributed by atoms with van der Waals surface area (Å²) in [5.74, 6) is 0. The second-order valence-electron chi connectivity index (χ2n) is 3.76. The maximum atomic E-state index is 5.59. The summed E-state index contributed by atoms with van der Waals surface area (Å²) in [5.41, 5.74) is 5.59. The minimum Gasteiger partial charge on any atom is -0.381 e. The molecule has 0 aliphatic carbocycles. The van der Waals surface area contributed by atoms with E-state index in [0.29, 0.717) is 6.04 Å². The lowest BCUT2D eigenvalue weighted by atomic mass is 10.1. The van der Waals surface area contributed by atoms with E-state index in [1.807, 2.05) is 0 Å². The van der Waals surface area contributed by atoms with E-state index in [2.05, 4.69) is 5.32 Å². The monoisotopic (exact) mass is 186 g/mol. The summed E-state index contributed by atoms with van der Waals surface area (Å²) >= 11 is 0. The van der Waals surface area contributed by atoms with Crippen LogP contribution in [-0.4, -0.2) is 32.3 Å². The molecule has 0 aromatic rings. The molecule has 2 aliphatic heterocycles. The van der Waals surface area contributed by atoms with Gasteiger partial charge in [0.25, 0.3) is 0 Å². The van der Waals surface area contributed by atoms with E-state index in [9.17, 15) is 0 Å². The minimum absolute atomic E-state index is 0.473. The van der Waals surface area contributed by atoms with Crippen molar-refractivity contribution in [1.82, 2.24) is 5.32 Å². The molecule has 3 N–H and O–H groups in total. The molecule has 2 rings (SSSR count). The number of ether oxygens (including phenoxy) is 1. The Morgan fingerprint density at radius 1 is 1.00 bits per heavy atom. The molecule has 2 fully saturated rings. The Balaban J connectivity index is 0.000000132. The van der Waals surface area contributed by atoms with Gasteiger partial charge in [-0.15, -0.1) is 0 Å². The van der Waals surface area contributed by atoms with Crippen LogP contribution in [0.1, 0.15) is 32.1 Å². The predicted octanol–water partition coefficient (Wildman–Crippen LogP) is 0.884. The van der Waals surface area contributed by atoms with Crippen LogP contribution in [0.15, 0.2) is 0 Å². The topological polar surface area (TPSA) is 47.3 Å². The highest BCUT2D eigenvalue weighted by Crippen LogP contribution is 2.02. The van der Waals surface area contributed by atoms with E-state index in [1.165, 1.54) is 19.3 Å². The van der Waals surface area contributed by atoms with Gasteiger partial charge < -0.3 is 15.8 Å². The van der Waals surface area contributed by atoms with Crippen molar-refractivity contribution in [2.75, 3.05) is 26.3 Å². The van der Waals surface area contributed by atoms with Crippen molar-refractivity contribution < 1.29 is 4.74 Å². The average molecular weight is 186 g/mol. The quantitative estimate of drug-likeness (QED) is 0.590. The number of nitrogens with one attached hydrogen (secondary N) is 1. The SMILES string of the molecule is C1CCOCC1.NC1CCNCC1. The van der Waals surface area contributed by atoms with E-state index in [-0.39, 0.29) is 0 Å². The van der Waals surface area contributed by atoms with Crippen molar-refractivity contribution in [1.29, 1.82) is 0 Å². The second-order valence-corrected chi connectivity index (χ2v) is 3.76. The lowest BCUT2D eigenvalue weighted by Gasteiger charge is -2.17. The molecule has 3 nitrogen and oxygen atoms in total. The molecule has 0 amide bonds. The van der Waals surface area contributed by atoms with Crippen LogP contribution in [-0.2, 0) is 4.74 Å². The Hall–Kier alpha value is -0.120. The third-order valence-electron chi connectivity index (χ3n) is 2.46. The molecular formula is C10H22N2O. The molecule has 3 heteroatoms. The van der Waals surface area contributed by atoms with Gasteiger partial charge in [0, 0.05) is 19.3 Å². The van der Waals surface area contributed by atoms with Crippen molar-refractivity contribution in [3.63, 3.8) is 0 Å². The highest BCUT2D eigenvalue weighted by Gasteiger charge is 2.05. The van der Waals surface area contributed by atoms with Crippen molar-refractivity contribution in [2.24, 2.45) is 5.73 Å². The van der Waals surface area contributed by atoms with Crippen LogP contribution in [0.4, 0.5) is 0 Å². The fourth-order valence-electron chi connectivity index (χ4n) is 1.53. The van der Waals surface area contributed by atoms with Gasteiger partial charge in [0.15, 0.2) is 0 Å². The summed E-state index contributed by atoms with van der Waals surface area (Å²) in [7, 11) is 0. The number of rotatable bonds is 0. The maximum absolute atomic E-state index is 5.59. The molecule has 13 heavy (non-hydrogen) atoms. The summed E-state index contributed by atoms with van der Waals surface area (Å²) in [6, 6.07) is 0.473. The molecule has 78 valence electrons. The largest absolute Gasteiger partial charge is 0.381 e. The summed E-state index contributed by atoms with van der Waals surface area (Å²) in [4.78, 5) is 0. The first-order valence-electron chi connectivity index (χ1n) is 5.43. The highest BCUT2D eigenvalue weighted by atomic mass is 16.5. The van der Waals surface area contributed by atoms with Crippen molar-refractivity contribution in [2.45, 2.75) is 38.1 Å². The molecule has 2 heterocycles. The predicted molar refractivity (Wildman–Crippen MR) is 54.7 cm³/mol. The molecule has 2 saturated heterocycles. The lowest BCUT2D eigenvalue weighted by molar-refractivity contribution is 0.0968. The van der Waals surface area contributed by atoms with Crippen molar-refractivity contribution in [3.05, 3.63) is 0 Å². The van der Waals surface area contributed by atoms with E-state index in [4.69, 9.17) is 10.5 Å². The zero-order valence-corrected chi connectivity index (χ0v) is 8.43. The van der Waals surface area contributed by atoms with Crippen LogP contribution >= 0.6 is 0 Å². The van der Waals surface area contributed by atoms with Crippen LogP contribution in [0, 0.1) is 0 Å². The summed E-state index contributed by atoms with van der Waals surface area (Å²) < 4.78 is 5.07. The molecule has 0 bridgehead atoms. The molecule has 2 aliphatic rings. The Morgan fingerprint density at radius 3 is 1.85 bits per heavy atom. The summed E-state index contributed by atoms with van der Waals surface area (Å²) in [6.45, 7) is 4.22. The second kappa shape index (κ2) is 7.30. The van der Waals surface area contributed by atoms with Gasteiger partial charge in [0.2, 0.25) is 0 Å². The Bertz CT molecular complexity index is 98.0. The molecule has 0 saturated carbocycles. The Kier molecular flexibility index (Phi) is 6.15. The van der Waals surface area contributed by atoms with Gasteiger partial charge in [-0.2, -0.15) is 0 Å². The van der Waals surface area contributed by atoms with Crippen LogP contribution < -0.4 is 11.1 Å². The first-order valence-corrected chi connectivity index (χ1v) is 5.43. The highest BCUT2D eigenvalue weighted by molar-refractivity contribution is 4.69. The molecular weight excluding hydrogens is 164 g/mol. The molecule has 0 aromatic heterocycles. The minimum atomic E-state index is 0.473. The summed E-state index contributed by atoms with van der Waals surface area (Å²) in [6.07, 6.45) is 6.24. The molecule has 0 atom stereocenters. The van der Waals surface area contributed by atoms with Crippen LogP contribution in [0.5, 0.6) is 0 Å². The van der Waals surface area contributed by atoms with Gasteiger partial charge in [0.05, 0.1) is 0 Å². The third-order valence-corrected chi connectivity index (χ3v) is 2.46. The Morgan fingerprint density at radius 2 is 1.62 bits per heavy atom. The summed E-state index contributed by atoms with van der Waals surface area (Å²) in [5, 5.41) is 3.24. The fourth-order valence-corrected chi connectivity index (χ4v) is 1.53. The van der Waals surface area contributed by atoms with E-state index >= 15 is 0 Å². The van der Waals surface area contributed by atoms with Gasteiger partial charge in [-0.1, -0.05) is 0 Å². The number of hydrogen-bond acceptors (Lipinski definition) is 3. The maximum Gasteiger partial charge on any atom is 0.0466 e. The van der Waals surface area contributed by atoms with Crippen LogP contribution in [0.2, 0.25) is 0 Å². The number of piperidine rings is 1. The Labute approximate surface area is 81.0 Å². The number of hydrogen-bond donors (Lipinski definition) is 2. The number of nitrogens with two attached hydrogens (primary N) is 1. The zero-order chi connectivity index (χ0) is 9.36. The van der Waals surface area contributed by atoms with E-state index < -0.39 is 0 Å². The van der Waals surface area contributed by atoms with Gasteiger partial charge in [-0.25, -0.2) is 0 Å². The first kappa shape index (κ1) is 11.0.